The lowest BCUT2D eigenvalue weighted by molar-refractivity contribution is 0.245. The molecule has 19 heavy (non-hydrogen) atoms. The van der Waals surface area contributed by atoms with Crippen molar-refractivity contribution in [2.45, 2.75) is 13.3 Å². The molecule has 0 radical (unpaired) electrons. The topological polar surface area (TPSA) is 48.4 Å². The molecule has 0 saturated carbocycles. The van der Waals surface area contributed by atoms with Crippen molar-refractivity contribution in [2.75, 3.05) is 39.8 Å². The van der Waals surface area contributed by atoms with Crippen molar-refractivity contribution < 1.29 is 4.74 Å². The van der Waals surface area contributed by atoms with Crippen LogP contribution in [0.4, 0.5) is 0 Å². The Labute approximate surface area is 116 Å². The van der Waals surface area contributed by atoms with Crippen LogP contribution in [0.3, 0.4) is 0 Å². The van der Waals surface area contributed by atoms with E-state index in [1.165, 1.54) is 7.11 Å². The number of ether oxygens (including phenoxy) is 1. The van der Waals surface area contributed by atoms with E-state index >= 15 is 0 Å². The van der Waals surface area contributed by atoms with Crippen LogP contribution in [0.1, 0.15) is 13.3 Å². The van der Waals surface area contributed by atoms with E-state index in [1.54, 1.807) is 6.08 Å². The first-order valence-electron chi connectivity index (χ1n) is 6.83. The van der Waals surface area contributed by atoms with E-state index in [4.69, 9.17) is 10.1 Å². The minimum Gasteiger partial charge on any atom is -0.481 e. The maximum atomic E-state index is 7.38. The quantitative estimate of drug-likeness (QED) is 0.437. The predicted molar refractivity (Wildman–Crippen MR) is 80.7 cm³/mol. The van der Waals surface area contributed by atoms with Gasteiger partial charge in [0.05, 0.1) is 7.11 Å². The molecule has 1 rings (SSSR count). The number of hydrogen-bond donors (Lipinski definition) is 2. The van der Waals surface area contributed by atoms with Crippen molar-refractivity contribution in [3.05, 3.63) is 36.0 Å². The zero-order valence-electron chi connectivity index (χ0n) is 12.0. The molecule has 4 heteroatoms. The van der Waals surface area contributed by atoms with Crippen molar-refractivity contribution >= 4 is 5.90 Å². The summed E-state index contributed by atoms with van der Waals surface area (Å²) in [6.07, 6.45) is 10.9. The summed E-state index contributed by atoms with van der Waals surface area (Å²) in [5, 5.41) is 10.7. The number of methoxy groups -OCH3 is 1. The van der Waals surface area contributed by atoms with Crippen molar-refractivity contribution in [2.24, 2.45) is 0 Å². The molecule has 2 N–H and O–H groups in total. The van der Waals surface area contributed by atoms with Crippen LogP contribution in [-0.4, -0.2) is 50.6 Å². The van der Waals surface area contributed by atoms with Crippen LogP contribution in [-0.2, 0) is 4.74 Å². The molecule has 0 aromatic rings. The minimum absolute atomic E-state index is 0.175. The molecule has 0 spiro atoms. The Morgan fingerprint density at radius 2 is 2.00 bits per heavy atom. The maximum absolute atomic E-state index is 7.38. The number of nitrogens with one attached hydrogen (secondary N) is 2. The van der Waals surface area contributed by atoms with Gasteiger partial charge in [0.25, 0.3) is 0 Å². The fraction of sp³-hybridized carbons (Fsp3) is 0.533. The number of allylic oxidation sites excluding steroid dienone is 4. The van der Waals surface area contributed by atoms with Crippen LogP contribution in [0.25, 0.3) is 0 Å². The molecular formula is C15H25N3O. The van der Waals surface area contributed by atoms with Crippen LogP contribution in [0, 0.1) is 5.41 Å². The largest absolute Gasteiger partial charge is 0.481 e. The van der Waals surface area contributed by atoms with Gasteiger partial charge in [-0.3, -0.25) is 5.41 Å². The normalized spacial score (nSPS) is 18.3. The summed E-state index contributed by atoms with van der Waals surface area (Å²) in [6.45, 7) is 7.62. The first kappa shape index (κ1) is 15.7. The molecule has 0 aromatic carbocycles. The highest BCUT2D eigenvalue weighted by atomic mass is 16.5. The van der Waals surface area contributed by atoms with Gasteiger partial charge in [0, 0.05) is 38.8 Å². The van der Waals surface area contributed by atoms with Crippen LogP contribution < -0.4 is 5.32 Å². The van der Waals surface area contributed by atoms with Gasteiger partial charge < -0.3 is 15.0 Å². The van der Waals surface area contributed by atoms with E-state index in [1.807, 2.05) is 19.1 Å². The first-order chi connectivity index (χ1) is 9.26. The van der Waals surface area contributed by atoms with Gasteiger partial charge in [-0.2, -0.15) is 0 Å². The highest BCUT2D eigenvalue weighted by Gasteiger charge is 2.06. The van der Waals surface area contributed by atoms with Gasteiger partial charge in [0.15, 0.2) is 0 Å². The van der Waals surface area contributed by atoms with Crippen molar-refractivity contribution in [1.29, 1.82) is 5.41 Å². The van der Waals surface area contributed by atoms with Gasteiger partial charge in [-0.15, -0.1) is 0 Å². The van der Waals surface area contributed by atoms with E-state index < -0.39 is 0 Å². The second-order valence-corrected chi connectivity index (χ2v) is 4.47. The molecule has 1 saturated heterocycles. The number of rotatable bonds is 6. The Bertz CT molecular complexity index is 352. The summed E-state index contributed by atoms with van der Waals surface area (Å²) >= 11 is 0. The van der Waals surface area contributed by atoms with Crippen LogP contribution in [0.5, 0.6) is 0 Å². The van der Waals surface area contributed by atoms with E-state index in [0.29, 0.717) is 0 Å². The fourth-order valence-electron chi connectivity index (χ4n) is 1.90. The Hall–Kier alpha value is -1.39. The van der Waals surface area contributed by atoms with Gasteiger partial charge in [-0.25, -0.2) is 0 Å². The van der Waals surface area contributed by atoms with E-state index in [0.717, 1.165) is 44.7 Å². The number of hydrogen-bond acceptors (Lipinski definition) is 4. The molecule has 0 atom stereocenters. The van der Waals surface area contributed by atoms with Crippen LogP contribution in [0.15, 0.2) is 36.0 Å². The zero-order chi connectivity index (χ0) is 13.9. The molecule has 0 amide bonds. The Morgan fingerprint density at radius 1 is 1.26 bits per heavy atom. The summed E-state index contributed by atoms with van der Waals surface area (Å²) < 4.78 is 4.78. The summed E-state index contributed by atoms with van der Waals surface area (Å²) in [7, 11) is 1.51. The number of nitrogens with zero attached hydrogens (tertiary/aromatic N) is 1. The highest BCUT2D eigenvalue weighted by molar-refractivity contribution is 5.85. The molecular weight excluding hydrogens is 238 g/mol. The summed E-state index contributed by atoms with van der Waals surface area (Å²) in [4.78, 5) is 2.48. The second kappa shape index (κ2) is 9.53. The van der Waals surface area contributed by atoms with Gasteiger partial charge in [0.1, 0.15) is 0 Å². The number of piperazine rings is 1. The Balaban J connectivity index is 2.29. The van der Waals surface area contributed by atoms with Gasteiger partial charge >= 0.3 is 0 Å². The molecule has 0 unspecified atom stereocenters. The Morgan fingerprint density at radius 3 is 2.63 bits per heavy atom. The van der Waals surface area contributed by atoms with Crippen molar-refractivity contribution in [1.82, 2.24) is 10.2 Å². The molecule has 1 aliphatic heterocycles. The molecule has 1 fully saturated rings. The first-order valence-corrected chi connectivity index (χ1v) is 6.83. The van der Waals surface area contributed by atoms with Crippen molar-refractivity contribution in [3.63, 3.8) is 0 Å². The monoisotopic (exact) mass is 263 g/mol. The minimum atomic E-state index is 0.175. The van der Waals surface area contributed by atoms with Gasteiger partial charge in [-0.1, -0.05) is 18.2 Å². The highest BCUT2D eigenvalue weighted by Crippen LogP contribution is 2.02. The summed E-state index contributed by atoms with van der Waals surface area (Å²) in [5.41, 5.74) is 1.10. The molecule has 0 aliphatic carbocycles. The average molecular weight is 263 g/mol. The van der Waals surface area contributed by atoms with Crippen molar-refractivity contribution in [3.8, 4) is 0 Å². The lowest BCUT2D eigenvalue weighted by atomic mass is 10.2. The fourth-order valence-corrected chi connectivity index (χ4v) is 1.90. The van der Waals surface area contributed by atoms with E-state index in [9.17, 15) is 0 Å². The van der Waals surface area contributed by atoms with E-state index in [2.05, 4.69) is 22.4 Å². The predicted octanol–water partition coefficient (Wildman–Crippen LogP) is 1.96. The maximum Gasteiger partial charge on any atom is 0.205 e. The van der Waals surface area contributed by atoms with E-state index in [-0.39, 0.29) is 5.90 Å². The average Bonchev–Trinajstić information content (AvgIpc) is 2.47. The van der Waals surface area contributed by atoms with Crippen LogP contribution >= 0.6 is 0 Å². The lowest BCUT2D eigenvalue weighted by Gasteiger charge is -2.26. The van der Waals surface area contributed by atoms with Gasteiger partial charge in [0.2, 0.25) is 5.90 Å². The molecule has 4 nitrogen and oxygen atoms in total. The summed E-state index contributed by atoms with van der Waals surface area (Å²) in [6, 6.07) is 0. The third kappa shape index (κ3) is 6.94. The molecule has 106 valence electrons. The van der Waals surface area contributed by atoms with Gasteiger partial charge in [-0.05, 0) is 25.0 Å². The molecule has 1 heterocycles. The molecule has 1 aliphatic rings. The second-order valence-electron chi connectivity index (χ2n) is 4.47. The smallest absolute Gasteiger partial charge is 0.205 e. The lowest BCUT2D eigenvalue weighted by Crippen LogP contribution is -2.43. The molecule has 0 bridgehead atoms. The SMILES string of the molecule is C/C=C(\C=C/CCN1CCNCC1)/C=C/C(=N)OC. The van der Waals surface area contributed by atoms with Crippen LogP contribution in [0.2, 0.25) is 0 Å². The standard InChI is InChI=1S/C15H25N3O/c1-3-14(7-8-15(16)19-2)6-4-5-11-18-12-9-17-10-13-18/h3-4,6-8,16-17H,5,9-13H2,1-2H3/b6-4-,8-7+,14-3+,16-15?. The Kier molecular flexibility index (Phi) is 7.86. The third-order valence-corrected chi connectivity index (χ3v) is 3.11. The molecule has 0 aromatic heterocycles. The zero-order valence-corrected chi connectivity index (χ0v) is 12.0. The third-order valence-electron chi connectivity index (χ3n) is 3.11. The summed E-state index contributed by atoms with van der Waals surface area (Å²) in [5.74, 6) is 0.175.